The number of carbonyl (C=O) groups excluding carboxylic acids is 4. The molecule has 0 bridgehead atoms. The summed E-state index contributed by atoms with van der Waals surface area (Å²) in [5.74, 6) is -3.10. The second-order valence-electron chi connectivity index (χ2n) is 8.48. The molecule has 1 heterocycles. The van der Waals surface area contributed by atoms with Crippen LogP contribution in [0.15, 0.2) is 40.9 Å². The number of fused-ring (bicyclic) bond motifs is 1. The number of halogens is 4. The lowest BCUT2D eigenvalue weighted by molar-refractivity contribution is -0.122. The summed E-state index contributed by atoms with van der Waals surface area (Å²) in [6.45, 7) is 1.27. The van der Waals surface area contributed by atoms with Crippen LogP contribution < -0.4 is 10.2 Å². The molecule has 0 aromatic heterocycles. The lowest BCUT2D eigenvalue weighted by Gasteiger charge is -2.28. The van der Waals surface area contributed by atoms with E-state index in [1.165, 1.54) is 18.2 Å². The van der Waals surface area contributed by atoms with Gasteiger partial charge in [-0.3, -0.25) is 19.3 Å². The standard InChI is InChI=1S/C24H20BrCl3N2O5/c1-11-5-16(25)17(26)9-20(11)29-21(31)10-35-24(34)12-3-2-4-13(6-12)30-22(32)14-7-18(27)19(28)8-15(14)23(30)33/h2-6,9,14-15,18-19H,7-8,10H2,1H3,(H,29,31)/t14-,15-,18-,19+/m1/s1. The maximum Gasteiger partial charge on any atom is 0.338 e. The van der Waals surface area contributed by atoms with Crippen molar-refractivity contribution in [1.82, 2.24) is 0 Å². The SMILES string of the molecule is Cc1cc(Br)c(Cl)cc1NC(=O)COC(=O)c1cccc(N2C(=O)[C@@H]3C[C@@H](Cl)[C@@H](Cl)C[C@H]3C2=O)c1. The predicted octanol–water partition coefficient (Wildman–Crippen LogP) is 5.32. The van der Waals surface area contributed by atoms with E-state index in [0.717, 1.165) is 10.5 Å². The fourth-order valence-electron chi connectivity index (χ4n) is 4.30. The third-order valence-electron chi connectivity index (χ3n) is 6.13. The summed E-state index contributed by atoms with van der Waals surface area (Å²) in [5, 5.41) is 2.29. The maximum absolute atomic E-state index is 13.0. The highest BCUT2D eigenvalue weighted by molar-refractivity contribution is 9.10. The molecule has 1 saturated heterocycles. The minimum absolute atomic E-state index is 0.0964. The van der Waals surface area contributed by atoms with E-state index >= 15 is 0 Å². The van der Waals surface area contributed by atoms with Crippen LogP contribution in [0.4, 0.5) is 11.4 Å². The van der Waals surface area contributed by atoms with Gasteiger partial charge in [-0.2, -0.15) is 0 Å². The van der Waals surface area contributed by atoms with Crippen molar-refractivity contribution in [2.24, 2.45) is 11.8 Å². The molecule has 1 N–H and O–H groups in total. The van der Waals surface area contributed by atoms with E-state index in [1.54, 1.807) is 25.1 Å². The van der Waals surface area contributed by atoms with E-state index in [0.29, 0.717) is 28.0 Å². The first-order chi connectivity index (χ1) is 16.6. The monoisotopic (exact) mass is 600 g/mol. The number of anilines is 2. The molecule has 1 aliphatic carbocycles. The van der Waals surface area contributed by atoms with Gasteiger partial charge in [0.2, 0.25) is 11.8 Å². The number of nitrogens with one attached hydrogen (secondary N) is 1. The summed E-state index contributed by atoms with van der Waals surface area (Å²) < 4.78 is 5.83. The Labute approximate surface area is 225 Å². The molecular formula is C24H20BrCl3N2O5. The molecule has 4 rings (SSSR count). The van der Waals surface area contributed by atoms with Crippen LogP contribution in [0, 0.1) is 18.8 Å². The van der Waals surface area contributed by atoms with Crippen LogP contribution in [-0.2, 0) is 19.1 Å². The molecule has 35 heavy (non-hydrogen) atoms. The number of carbonyl (C=O) groups is 4. The zero-order valence-electron chi connectivity index (χ0n) is 18.4. The Morgan fingerprint density at radius 1 is 1.09 bits per heavy atom. The van der Waals surface area contributed by atoms with Gasteiger partial charge in [-0.1, -0.05) is 17.7 Å². The molecule has 2 fully saturated rings. The summed E-state index contributed by atoms with van der Waals surface area (Å²) in [5.41, 5.74) is 1.62. The molecule has 0 spiro atoms. The predicted molar refractivity (Wildman–Crippen MR) is 137 cm³/mol. The molecule has 2 aromatic carbocycles. The van der Waals surface area contributed by atoms with Gasteiger partial charge in [0, 0.05) is 10.2 Å². The highest BCUT2D eigenvalue weighted by Crippen LogP contribution is 2.43. The Kier molecular flexibility index (Phi) is 7.76. The smallest absolute Gasteiger partial charge is 0.338 e. The fourth-order valence-corrected chi connectivity index (χ4v) is 5.51. The summed E-state index contributed by atoms with van der Waals surface area (Å²) in [6, 6.07) is 9.31. The second-order valence-corrected chi connectivity index (χ2v) is 10.9. The van der Waals surface area contributed by atoms with Gasteiger partial charge in [-0.05, 0) is 71.6 Å². The van der Waals surface area contributed by atoms with Gasteiger partial charge in [-0.25, -0.2) is 4.79 Å². The first-order valence-corrected chi connectivity index (χ1v) is 12.8. The van der Waals surface area contributed by atoms with E-state index in [4.69, 9.17) is 39.5 Å². The van der Waals surface area contributed by atoms with Crippen LogP contribution >= 0.6 is 50.7 Å². The summed E-state index contributed by atoms with van der Waals surface area (Å²) in [7, 11) is 0. The highest BCUT2D eigenvalue weighted by Gasteiger charge is 2.52. The van der Waals surface area contributed by atoms with Crippen molar-refractivity contribution in [2.75, 3.05) is 16.8 Å². The van der Waals surface area contributed by atoms with Crippen molar-refractivity contribution < 1.29 is 23.9 Å². The Morgan fingerprint density at radius 2 is 1.71 bits per heavy atom. The van der Waals surface area contributed by atoms with Crippen molar-refractivity contribution >= 4 is 85.8 Å². The van der Waals surface area contributed by atoms with Crippen LogP contribution in [0.2, 0.25) is 5.02 Å². The molecule has 184 valence electrons. The van der Waals surface area contributed by atoms with Gasteiger partial charge in [0.1, 0.15) is 0 Å². The average Bonchev–Trinajstić information content (AvgIpc) is 3.05. The number of rotatable bonds is 5. The minimum atomic E-state index is -0.772. The number of hydrogen-bond acceptors (Lipinski definition) is 5. The van der Waals surface area contributed by atoms with E-state index < -0.39 is 30.3 Å². The van der Waals surface area contributed by atoms with Crippen molar-refractivity contribution in [3.63, 3.8) is 0 Å². The number of imide groups is 1. The number of aryl methyl sites for hydroxylation is 1. The van der Waals surface area contributed by atoms with Gasteiger partial charge in [-0.15, -0.1) is 23.2 Å². The van der Waals surface area contributed by atoms with E-state index in [2.05, 4.69) is 21.2 Å². The van der Waals surface area contributed by atoms with Gasteiger partial charge in [0.25, 0.3) is 5.91 Å². The summed E-state index contributed by atoms with van der Waals surface area (Å²) >= 11 is 21.8. The Morgan fingerprint density at radius 3 is 2.34 bits per heavy atom. The average molecular weight is 603 g/mol. The van der Waals surface area contributed by atoms with Crippen LogP contribution in [-0.4, -0.2) is 41.1 Å². The quantitative estimate of drug-likeness (QED) is 0.284. The van der Waals surface area contributed by atoms with Crippen LogP contribution in [0.25, 0.3) is 0 Å². The van der Waals surface area contributed by atoms with Crippen molar-refractivity contribution in [3.05, 3.63) is 57.0 Å². The first kappa shape index (κ1) is 25.9. The number of amides is 3. The highest BCUT2D eigenvalue weighted by atomic mass is 79.9. The molecule has 2 aliphatic rings. The molecule has 11 heteroatoms. The van der Waals surface area contributed by atoms with Gasteiger partial charge in [0.15, 0.2) is 6.61 Å². The minimum Gasteiger partial charge on any atom is -0.452 e. The van der Waals surface area contributed by atoms with Crippen molar-refractivity contribution in [3.8, 4) is 0 Å². The van der Waals surface area contributed by atoms with Crippen LogP contribution in [0.1, 0.15) is 28.8 Å². The van der Waals surface area contributed by atoms with Crippen molar-refractivity contribution in [2.45, 2.75) is 30.5 Å². The molecular weight excluding hydrogens is 583 g/mol. The molecule has 7 nitrogen and oxygen atoms in total. The Bertz CT molecular complexity index is 1200. The summed E-state index contributed by atoms with van der Waals surface area (Å²) in [4.78, 5) is 51.9. The molecule has 4 atom stereocenters. The van der Waals surface area contributed by atoms with E-state index in [1.807, 2.05) is 0 Å². The maximum atomic E-state index is 13.0. The third-order valence-corrected chi connectivity index (χ3v) is 8.42. The zero-order valence-corrected chi connectivity index (χ0v) is 22.2. The number of benzene rings is 2. The van der Waals surface area contributed by atoms with E-state index in [-0.39, 0.29) is 33.8 Å². The van der Waals surface area contributed by atoms with Gasteiger partial charge < -0.3 is 10.1 Å². The summed E-state index contributed by atoms with van der Waals surface area (Å²) in [6.07, 6.45) is 0.642. The van der Waals surface area contributed by atoms with E-state index in [9.17, 15) is 19.2 Å². The third kappa shape index (κ3) is 5.35. The first-order valence-electron chi connectivity index (χ1n) is 10.8. The van der Waals surface area contributed by atoms with Crippen molar-refractivity contribution in [1.29, 1.82) is 0 Å². The normalized spacial score (nSPS) is 23.7. The number of alkyl halides is 2. The second kappa shape index (κ2) is 10.5. The molecule has 0 unspecified atom stereocenters. The molecule has 3 amide bonds. The van der Waals surface area contributed by atoms with Crippen LogP contribution in [0.5, 0.6) is 0 Å². The largest absolute Gasteiger partial charge is 0.452 e. The lowest BCUT2D eigenvalue weighted by atomic mass is 9.80. The molecule has 0 radical (unpaired) electrons. The number of nitrogens with zero attached hydrogens (tertiary/aromatic N) is 1. The fraction of sp³-hybridized carbons (Fsp3) is 0.333. The molecule has 2 aromatic rings. The number of ether oxygens (including phenoxy) is 1. The Balaban J connectivity index is 1.42. The molecule has 1 aliphatic heterocycles. The lowest BCUT2D eigenvalue weighted by Crippen LogP contribution is -2.34. The topological polar surface area (TPSA) is 92.8 Å². The zero-order chi connectivity index (χ0) is 25.4. The Hall–Kier alpha value is -2.13. The number of hydrogen-bond donors (Lipinski definition) is 1. The number of esters is 1. The van der Waals surface area contributed by atoms with Crippen LogP contribution in [0.3, 0.4) is 0 Å². The molecule has 1 saturated carbocycles. The van der Waals surface area contributed by atoms with Gasteiger partial charge >= 0.3 is 5.97 Å². The van der Waals surface area contributed by atoms with Gasteiger partial charge in [0.05, 0.1) is 38.9 Å².